The van der Waals surface area contributed by atoms with E-state index in [1.165, 1.54) is 17.2 Å². The van der Waals surface area contributed by atoms with Crippen LogP contribution >= 0.6 is 15.0 Å². The van der Waals surface area contributed by atoms with Gasteiger partial charge in [-0.3, -0.25) is 23.4 Å². The Morgan fingerprint density at radius 1 is 1.05 bits per heavy atom. The molecule has 3 fully saturated rings. The second kappa shape index (κ2) is 11.0. The van der Waals surface area contributed by atoms with Crippen molar-refractivity contribution in [2.75, 3.05) is 24.7 Å². The van der Waals surface area contributed by atoms with E-state index in [9.17, 15) is 19.4 Å². The lowest BCUT2D eigenvalue weighted by atomic mass is 10.1. The lowest BCUT2D eigenvalue weighted by molar-refractivity contribution is -0.0583. The Hall–Kier alpha value is -3.14. The molecule has 0 aliphatic carbocycles. The Bertz CT molecular complexity index is 1880. The van der Waals surface area contributed by atoms with Crippen molar-refractivity contribution in [2.45, 2.75) is 49.1 Å². The molecule has 0 radical (unpaired) electrons. The van der Waals surface area contributed by atoms with Crippen molar-refractivity contribution in [2.24, 2.45) is 0 Å². The van der Waals surface area contributed by atoms with Gasteiger partial charge in [-0.2, -0.15) is 4.98 Å². The van der Waals surface area contributed by atoms with Crippen LogP contribution in [0.5, 0.6) is 0 Å². The first-order valence-electron chi connectivity index (χ1n) is 12.7. The molecule has 2 bridgehead atoms. The summed E-state index contributed by atoms with van der Waals surface area (Å²) in [6.07, 6.45) is -8.09. The molecule has 20 nitrogen and oxygen atoms in total. The van der Waals surface area contributed by atoms with Gasteiger partial charge in [0.15, 0.2) is 47.4 Å². The molecule has 0 saturated carbocycles. The molecule has 10 atom stereocenters. The van der Waals surface area contributed by atoms with Crippen LogP contribution in [0.4, 0.5) is 16.2 Å². The number of nitrogens with two attached hydrogens (primary N) is 2. The lowest BCUT2D eigenvalue weighted by Gasteiger charge is -2.26. The maximum absolute atomic E-state index is 15.9. The molecule has 4 aromatic rings. The first-order valence-corrected chi connectivity index (χ1v) is 16.4. The number of aliphatic hydroxyl groups excluding tert-OH is 1. The number of aromatic nitrogens is 8. The molecule has 234 valence electrons. The van der Waals surface area contributed by atoms with Crippen LogP contribution in [0.2, 0.25) is 0 Å². The highest BCUT2D eigenvalue weighted by molar-refractivity contribution is 8.07. The number of halogens is 1. The van der Waals surface area contributed by atoms with E-state index in [-0.39, 0.29) is 34.1 Å². The number of hydrogen-bond donors (Lipinski definition) is 5. The molecule has 2 unspecified atom stereocenters. The van der Waals surface area contributed by atoms with Crippen molar-refractivity contribution in [1.29, 1.82) is 0 Å². The number of aromatic amines is 1. The monoisotopic (exact) mass is 675 g/mol. The molecule has 3 aliphatic heterocycles. The van der Waals surface area contributed by atoms with Gasteiger partial charge in [-0.05, 0) is 11.8 Å². The molecule has 3 saturated heterocycles. The average Bonchev–Trinajstić information content (AvgIpc) is 3.72. The quantitative estimate of drug-likeness (QED) is 0.164. The summed E-state index contributed by atoms with van der Waals surface area (Å²) in [5, 5.41) is 11.1. The molecule has 7 N–H and O–H groups in total. The SMILES string of the molecule is Nc1nc2c(ncn2[C@@H]2O[C@@H]3COP(O)(=S)O[C@@H]4[C@H](O)[C@@H](CO[P+](=O)O[C@H]3[C@H]2F)O[C@H]4n2cnc3c(N)ncnc32)c(=O)[nH]1. The zero-order valence-electron chi connectivity index (χ0n) is 21.9. The third-order valence-corrected chi connectivity index (χ3v) is 9.51. The van der Waals surface area contributed by atoms with Crippen LogP contribution in [0.3, 0.4) is 0 Å². The van der Waals surface area contributed by atoms with E-state index in [0.717, 1.165) is 10.9 Å². The van der Waals surface area contributed by atoms with E-state index in [0.29, 0.717) is 0 Å². The summed E-state index contributed by atoms with van der Waals surface area (Å²) < 4.78 is 64.9. The fraction of sp³-hybridized carbons (Fsp3) is 0.500. The summed E-state index contributed by atoms with van der Waals surface area (Å²) in [5.74, 6) is -0.159. The third kappa shape index (κ3) is 5.07. The van der Waals surface area contributed by atoms with E-state index in [4.69, 9.17) is 50.8 Å². The summed E-state index contributed by atoms with van der Waals surface area (Å²) in [6.45, 7) is -5.35. The van der Waals surface area contributed by atoms with Crippen molar-refractivity contribution in [3.05, 3.63) is 29.3 Å². The number of H-pyrrole nitrogens is 1. The van der Waals surface area contributed by atoms with E-state index < -0.39 is 82.9 Å². The van der Waals surface area contributed by atoms with Gasteiger partial charge in [-0.1, -0.05) is 0 Å². The van der Waals surface area contributed by atoms with Gasteiger partial charge >= 0.3 is 15.0 Å². The zero-order valence-corrected chi connectivity index (χ0v) is 24.5. The van der Waals surface area contributed by atoms with Gasteiger partial charge in [0.2, 0.25) is 5.95 Å². The number of alkyl halides is 1. The summed E-state index contributed by atoms with van der Waals surface area (Å²) in [7, 11) is -3.03. The van der Waals surface area contributed by atoms with E-state index in [2.05, 4.69) is 29.9 Å². The summed E-state index contributed by atoms with van der Waals surface area (Å²) in [5.41, 5.74) is 11.1. The molecule has 7 rings (SSSR count). The first-order chi connectivity index (χ1) is 21.0. The van der Waals surface area contributed by atoms with Crippen LogP contribution in [0.1, 0.15) is 12.5 Å². The highest BCUT2D eigenvalue weighted by Gasteiger charge is 2.55. The zero-order chi connectivity index (χ0) is 30.9. The Morgan fingerprint density at radius 3 is 2.57 bits per heavy atom. The van der Waals surface area contributed by atoms with Crippen molar-refractivity contribution >= 4 is 60.9 Å². The molecule has 3 aliphatic rings. The minimum Gasteiger partial charge on any atom is -0.387 e. The number of ether oxygens (including phenoxy) is 2. The summed E-state index contributed by atoms with van der Waals surface area (Å²) in [4.78, 5) is 45.7. The molecule has 0 spiro atoms. The largest absolute Gasteiger partial charge is 0.697 e. The van der Waals surface area contributed by atoms with Gasteiger partial charge in [0.25, 0.3) is 5.56 Å². The van der Waals surface area contributed by atoms with Gasteiger partial charge in [0.05, 0.1) is 19.3 Å². The fourth-order valence-electron chi connectivity index (χ4n) is 5.17. The number of nitrogens with zero attached hydrogens (tertiary/aromatic N) is 7. The fourth-order valence-corrected chi connectivity index (χ4v) is 7.37. The molecule has 7 heterocycles. The predicted octanol–water partition coefficient (Wildman–Crippen LogP) is -0.691. The topological polar surface area (TPSA) is 272 Å². The molecule has 24 heteroatoms. The number of imidazole rings is 2. The number of rotatable bonds is 2. The number of fused-ring (bicyclic) bond motifs is 5. The van der Waals surface area contributed by atoms with E-state index in [1.54, 1.807) is 0 Å². The Balaban J connectivity index is 1.18. The standard InChI is InChI=1S/C20H21FN10O10P2S/c21-8-12-7(39-18(8)31-5-27-10-16(31)28-20(23)29-17(10)33)2-37-43(35,44)41-13-11(32)6(1-36-42(34)40-12)38-19(13)30-4-26-9-14(22)24-3-25-15(9)30/h3-8,11-13,18-19,32H,1-2H2,(H5-,22,23,24,25,28,29,33,35,44)/p+1/t6-,7-,8-,11-,12-,13-,18-,19-,43?/m1/s1. The van der Waals surface area contributed by atoms with Crippen LogP contribution in [0.15, 0.2) is 23.8 Å². The van der Waals surface area contributed by atoms with Crippen LogP contribution < -0.4 is 17.0 Å². The molecule has 44 heavy (non-hydrogen) atoms. The van der Waals surface area contributed by atoms with Crippen LogP contribution in [0.25, 0.3) is 22.3 Å². The van der Waals surface area contributed by atoms with Crippen molar-refractivity contribution in [1.82, 2.24) is 39.0 Å². The molecule has 0 aromatic carbocycles. The normalized spacial score (nSPS) is 35.8. The van der Waals surface area contributed by atoms with Crippen molar-refractivity contribution in [3.8, 4) is 0 Å². The summed E-state index contributed by atoms with van der Waals surface area (Å²) >= 11 is 5.21. The average molecular weight is 675 g/mol. The third-order valence-electron chi connectivity index (χ3n) is 7.17. The molecule has 4 aromatic heterocycles. The number of nitrogens with one attached hydrogen (secondary N) is 1. The highest BCUT2D eigenvalue weighted by atomic mass is 32.5. The number of nitrogen functional groups attached to an aromatic ring is 2. The smallest absolute Gasteiger partial charge is 0.387 e. The van der Waals surface area contributed by atoms with Crippen molar-refractivity contribution in [3.63, 3.8) is 0 Å². The van der Waals surface area contributed by atoms with Crippen LogP contribution in [0, 0.1) is 0 Å². The number of hydrogen-bond acceptors (Lipinski definition) is 17. The Kier molecular flexibility index (Phi) is 7.41. The Labute approximate surface area is 249 Å². The van der Waals surface area contributed by atoms with Gasteiger partial charge in [-0.15, -0.1) is 9.05 Å². The maximum Gasteiger partial charge on any atom is 0.697 e. The minimum absolute atomic E-state index is 0.0851. The summed E-state index contributed by atoms with van der Waals surface area (Å²) in [6, 6.07) is 0. The maximum atomic E-state index is 15.9. The lowest BCUT2D eigenvalue weighted by Crippen LogP contribution is -2.35. The number of aliphatic hydroxyl groups is 1. The minimum atomic E-state index is -4.22. The number of anilines is 2. The van der Waals surface area contributed by atoms with E-state index >= 15 is 4.39 Å². The molecular formula is C20H22FN10O10P2S+. The second-order valence-electron chi connectivity index (χ2n) is 9.85. The van der Waals surface area contributed by atoms with Gasteiger partial charge < -0.3 is 35.5 Å². The highest BCUT2D eigenvalue weighted by Crippen LogP contribution is 2.51. The van der Waals surface area contributed by atoms with Gasteiger partial charge in [0.1, 0.15) is 42.9 Å². The van der Waals surface area contributed by atoms with Crippen molar-refractivity contribution < 1.29 is 46.5 Å². The molecular weight excluding hydrogens is 653 g/mol. The Morgan fingerprint density at radius 2 is 1.77 bits per heavy atom. The second-order valence-corrected chi connectivity index (χ2v) is 13.6. The van der Waals surface area contributed by atoms with Gasteiger partial charge in [-0.25, -0.2) is 24.3 Å². The molecule has 0 amide bonds. The van der Waals surface area contributed by atoms with E-state index in [1.807, 2.05) is 0 Å². The first kappa shape index (κ1) is 29.6. The van der Waals surface area contributed by atoms with Crippen LogP contribution in [-0.4, -0.2) is 98.9 Å². The van der Waals surface area contributed by atoms with Crippen LogP contribution in [-0.2, 0) is 43.9 Å². The predicted molar refractivity (Wildman–Crippen MR) is 147 cm³/mol. The van der Waals surface area contributed by atoms with Gasteiger partial charge in [0, 0.05) is 4.57 Å².